The summed E-state index contributed by atoms with van der Waals surface area (Å²) in [5.74, 6) is 0. The predicted molar refractivity (Wildman–Crippen MR) is 55.2 cm³/mol. The summed E-state index contributed by atoms with van der Waals surface area (Å²) >= 11 is 1.66. The first-order chi connectivity index (χ1) is 5.86. The van der Waals surface area contributed by atoms with Crippen LogP contribution in [0.4, 0.5) is 5.69 Å². The Hall–Kier alpha value is -0.670. The topological polar surface area (TPSA) is 38.0 Å². The molecule has 1 heterocycles. The number of anilines is 1. The molecule has 0 aromatic heterocycles. The standard InChI is InChI=1S/C7H8N2S.C2H6/c8-7-9-5-3-1-2-4-6(5)10-7;1-2/h1-4,7,9H,8H2;1-2H3. The molecule has 1 aliphatic heterocycles. The Balaban J connectivity index is 0.000000336. The van der Waals surface area contributed by atoms with Gasteiger partial charge in [-0.1, -0.05) is 37.7 Å². The third kappa shape index (κ3) is 1.93. The zero-order valence-electron chi connectivity index (χ0n) is 7.37. The van der Waals surface area contributed by atoms with E-state index in [1.807, 2.05) is 32.0 Å². The molecule has 0 aliphatic carbocycles. The van der Waals surface area contributed by atoms with Gasteiger partial charge >= 0.3 is 0 Å². The highest BCUT2D eigenvalue weighted by atomic mass is 32.2. The Kier molecular flexibility index (Phi) is 3.44. The maximum absolute atomic E-state index is 5.64. The van der Waals surface area contributed by atoms with Crippen LogP contribution in [-0.2, 0) is 0 Å². The molecule has 0 radical (unpaired) electrons. The molecule has 1 aliphatic rings. The zero-order valence-corrected chi connectivity index (χ0v) is 8.19. The van der Waals surface area contributed by atoms with Gasteiger partial charge in [0.1, 0.15) is 5.50 Å². The molecule has 3 heteroatoms. The zero-order chi connectivity index (χ0) is 8.97. The van der Waals surface area contributed by atoms with Gasteiger partial charge in [-0.15, -0.1) is 0 Å². The number of benzene rings is 1. The molecule has 0 spiro atoms. The third-order valence-corrected chi connectivity index (χ3v) is 2.42. The minimum atomic E-state index is 0.0393. The van der Waals surface area contributed by atoms with Crippen molar-refractivity contribution < 1.29 is 0 Å². The maximum atomic E-state index is 5.64. The summed E-state index contributed by atoms with van der Waals surface area (Å²) < 4.78 is 0. The number of hydrogen-bond donors (Lipinski definition) is 2. The molecule has 12 heavy (non-hydrogen) atoms. The second-order valence-corrected chi connectivity index (χ2v) is 3.36. The van der Waals surface area contributed by atoms with Crippen LogP contribution in [0.25, 0.3) is 0 Å². The normalized spacial score (nSPS) is 18.8. The molecule has 2 rings (SSSR count). The van der Waals surface area contributed by atoms with Crippen molar-refractivity contribution in [1.29, 1.82) is 0 Å². The predicted octanol–water partition coefficient (Wildman–Crippen LogP) is 2.47. The van der Waals surface area contributed by atoms with Gasteiger partial charge < -0.3 is 11.1 Å². The Morgan fingerprint density at radius 1 is 1.33 bits per heavy atom. The molecule has 0 fully saturated rings. The molecule has 0 bridgehead atoms. The molecule has 1 unspecified atom stereocenters. The largest absolute Gasteiger partial charge is 0.360 e. The van der Waals surface area contributed by atoms with Gasteiger partial charge in [0.25, 0.3) is 0 Å². The summed E-state index contributed by atoms with van der Waals surface area (Å²) in [4.78, 5) is 1.25. The lowest BCUT2D eigenvalue weighted by Crippen LogP contribution is -2.20. The van der Waals surface area contributed by atoms with Crippen LogP contribution in [0.3, 0.4) is 0 Å². The Morgan fingerprint density at radius 2 is 2.00 bits per heavy atom. The van der Waals surface area contributed by atoms with E-state index in [1.165, 1.54) is 4.90 Å². The molecule has 1 aromatic carbocycles. The highest BCUT2D eigenvalue weighted by Crippen LogP contribution is 2.35. The van der Waals surface area contributed by atoms with Crippen LogP contribution in [0.5, 0.6) is 0 Å². The molecule has 0 amide bonds. The van der Waals surface area contributed by atoms with E-state index in [0.29, 0.717) is 0 Å². The quantitative estimate of drug-likeness (QED) is 0.647. The van der Waals surface area contributed by atoms with Crippen LogP contribution < -0.4 is 11.1 Å². The number of rotatable bonds is 0. The summed E-state index contributed by atoms with van der Waals surface area (Å²) in [6, 6.07) is 8.13. The van der Waals surface area contributed by atoms with Gasteiger partial charge in [0.05, 0.1) is 0 Å². The van der Waals surface area contributed by atoms with E-state index in [-0.39, 0.29) is 5.50 Å². The SMILES string of the molecule is CC.NC1Nc2ccccc2S1. The van der Waals surface area contributed by atoms with Crippen molar-refractivity contribution in [3.05, 3.63) is 24.3 Å². The molecule has 0 saturated heterocycles. The van der Waals surface area contributed by atoms with E-state index in [9.17, 15) is 0 Å². The van der Waals surface area contributed by atoms with E-state index in [1.54, 1.807) is 11.8 Å². The molecule has 1 atom stereocenters. The Labute approximate surface area is 77.5 Å². The number of fused-ring (bicyclic) bond motifs is 1. The molecule has 3 N–H and O–H groups in total. The molecular weight excluding hydrogens is 168 g/mol. The van der Waals surface area contributed by atoms with Crippen molar-refractivity contribution in [2.24, 2.45) is 5.73 Å². The number of para-hydroxylation sites is 1. The molecule has 0 saturated carbocycles. The fourth-order valence-corrected chi connectivity index (χ4v) is 1.88. The molecule has 2 nitrogen and oxygen atoms in total. The summed E-state index contributed by atoms with van der Waals surface area (Å²) in [6.45, 7) is 4.00. The van der Waals surface area contributed by atoms with Crippen LogP contribution in [-0.4, -0.2) is 5.50 Å². The highest BCUT2D eigenvalue weighted by Gasteiger charge is 2.15. The highest BCUT2D eigenvalue weighted by molar-refractivity contribution is 8.00. The van der Waals surface area contributed by atoms with Gasteiger partial charge in [-0.05, 0) is 12.1 Å². The smallest absolute Gasteiger partial charge is 0.127 e. The fourth-order valence-electron chi connectivity index (χ4n) is 1.01. The maximum Gasteiger partial charge on any atom is 0.127 e. The van der Waals surface area contributed by atoms with Crippen molar-refractivity contribution in [3.8, 4) is 0 Å². The Morgan fingerprint density at radius 3 is 2.67 bits per heavy atom. The van der Waals surface area contributed by atoms with Gasteiger partial charge in [-0.3, -0.25) is 0 Å². The van der Waals surface area contributed by atoms with Gasteiger partial charge in [0, 0.05) is 10.6 Å². The lowest BCUT2D eigenvalue weighted by Gasteiger charge is -1.99. The molecule has 66 valence electrons. The van der Waals surface area contributed by atoms with Gasteiger partial charge in [-0.25, -0.2) is 0 Å². The van der Waals surface area contributed by atoms with Crippen molar-refractivity contribution >= 4 is 17.4 Å². The van der Waals surface area contributed by atoms with Crippen LogP contribution in [0.2, 0.25) is 0 Å². The van der Waals surface area contributed by atoms with E-state index < -0.39 is 0 Å². The lowest BCUT2D eigenvalue weighted by molar-refractivity contribution is 1.08. The third-order valence-electron chi connectivity index (χ3n) is 1.44. The average molecular weight is 182 g/mol. The van der Waals surface area contributed by atoms with Crippen LogP contribution >= 0.6 is 11.8 Å². The minimum Gasteiger partial charge on any atom is -0.360 e. The van der Waals surface area contributed by atoms with Gasteiger partial charge in [0.2, 0.25) is 0 Å². The summed E-state index contributed by atoms with van der Waals surface area (Å²) in [5, 5.41) is 3.14. The van der Waals surface area contributed by atoms with Crippen molar-refractivity contribution in [2.45, 2.75) is 24.2 Å². The number of hydrogen-bond acceptors (Lipinski definition) is 3. The minimum absolute atomic E-state index is 0.0393. The van der Waals surface area contributed by atoms with E-state index in [2.05, 4.69) is 11.4 Å². The lowest BCUT2D eigenvalue weighted by atomic mass is 10.3. The number of nitrogens with two attached hydrogens (primary N) is 1. The van der Waals surface area contributed by atoms with Crippen molar-refractivity contribution in [2.75, 3.05) is 5.32 Å². The van der Waals surface area contributed by atoms with E-state index >= 15 is 0 Å². The first-order valence-corrected chi connectivity index (χ1v) is 5.02. The second kappa shape index (κ2) is 4.38. The second-order valence-electron chi connectivity index (χ2n) is 2.18. The van der Waals surface area contributed by atoms with Crippen molar-refractivity contribution in [3.63, 3.8) is 0 Å². The number of nitrogens with one attached hydrogen (secondary N) is 1. The van der Waals surface area contributed by atoms with Crippen LogP contribution in [0.1, 0.15) is 13.8 Å². The van der Waals surface area contributed by atoms with E-state index in [4.69, 9.17) is 5.73 Å². The molecular formula is C9H14N2S. The summed E-state index contributed by atoms with van der Waals surface area (Å²) in [5.41, 5.74) is 6.83. The van der Waals surface area contributed by atoms with Gasteiger partial charge in [0.15, 0.2) is 0 Å². The Bertz CT molecular complexity index is 225. The van der Waals surface area contributed by atoms with Crippen LogP contribution in [0.15, 0.2) is 29.2 Å². The molecule has 1 aromatic rings. The monoisotopic (exact) mass is 182 g/mol. The average Bonchev–Trinajstić information content (AvgIpc) is 2.48. The first kappa shape index (κ1) is 9.42. The summed E-state index contributed by atoms with van der Waals surface area (Å²) in [6.07, 6.45) is 0. The van der Waals surface area contributed by atoms with E-state index in [0.717, 1.165) is 5.69 Å². The van der Waals surface area contributed by atoms with Gasteiger partial charge in [-0.2, -0.15) is 0 Å². The van der Waals surface area contributed by atoms with Crippen LogP contribution in [0, 0.1) is 0 Å². The van der Waals surface area contributed by atoms with Crippen molar-refractivity contribution in [1.82, 2.24) is 0 Å². The fraction of sp³-hybridized carbons (Fsp3) is 0.333. The number of thioether (sulfide) groups is 1. The summed E-state index contributed by atoms with van der Waals surface area (Å²) in [7, 11) is 0. The first-order valence-electron chi connectivity index (χ1n) is 4.14.